The Hall–Kier alpha value is -0.350. The van der Waals surface area contributed by atoms with E-state index in [4.69, 9.17) is 5.84 Å². The van der Waals surface area contributed by atoms with Crippen molar-refractivity contribution in [2.24, 2.45) is 17.2 Å². The topological polar surface area (TPSA) is 96.4 Å². The molecule has 1 spiro atoms. The summed E-state index contributed by atoms with van der Waals surface area (Å²) in [4.78, 5) is 1.36. The van der Waals surface area contributed by atoms with Crippen molar-refractivity contribution >= 4 is 0 Å². The summed E-state index contributed by atoms with van der Waals surface area (Å²) in [5, 5.41) is 31.4. The van der Waals surface area contributed by atoms with E-state index in [0.717, 1.165) is 31.1 Å². The van der Waals surface area contributed by atoms with Crippen molar-refractivity contribution in [3.05, 3.63) is 0 Å². The van der Waals surface area contributed by atoms with Crippen LogP contribution in [-0.2, 0) is 0 Å². The first kappa shape index (κ1) is 15.5. The van der Waals surface area contributed by atoms with Gasteiger partial charge in [0, 0.05) is 44.2 Å². The second-order valence-corrected chi connectivity index (χ2v) is 7.07. The number of piperidine rings is 1. The number of rotatable bonds is 4. The lowest BCUT2D eigenvalue weighted by molar-refractivity contribution is -0.412. The summed E-state index contributed by atoms with van der Waals surface area (Å²) in [6, 6.07) is -0.102. The smallest absolute Gasteiger partial charge is 0.330 e. The van der Waals surface area contributed by atoms with Crippen LogP contribution in [0, 0.1) is 11.3 Å². The molecule has 0 atom stereocenters. The van der Waals surface area contributed by atoms with Crippen LogP contribution in [0.3, 0.4) is 0 Å². The van der Waals surface area contributed by atoms with Gasteiger partial charge in [0.1, 0.15) is 0 Å². The molecule has 0 unspecified atom stereocenters. The maximum Gasteiger partial charge on any atom is 0.346 e. The summed E-state index contributed by atoms with van der Waals surface area (Å²) >= 11 is 0. The van der Waals surface area contributed by atoms with Gasteiger partial charge in [-0.25, -0.2) is 9.91 Å². The van der Waals surface area contributed by atoms with E-state index in [2.05, 4.69) is 0 Å². The largest absolute Gasteiger partial charge is 0.346 e. The van der Waals surface area contributed by atoms with E-state index in [0.29, 0.717) is 32.5 Å². The maximum atomic E-state index is 12.9. The Labute approximate surface area is 123 Å². The third-order valence-corrected chi connectivity index (χ3v) is 5.28. The van der Waals surface area contributed by atoms with Crippen molar-refractivity contribution in [1.29, 1.82) is 0 Å². The van der Waals surface area contributed by atoms with Gasteiger partial charge in [0.25, 0.3) is 0 Å². The number of nitrogens with zero attached hydrogens (tertiary/aromatic N) is 3. The monoisotopic (exact) mass is 304 g/mol. The molecule has 0 bridgehead atoms. The van der Waals surface area contributed by atoms with Crippen LogP contribution in [0.5, 0.6) is 0 Å². The molecule has 122 valence electrons. The second-order valence-electron chi connectivity index (χ2n) is 7.07. The second kappa shape index (κ2) is 5.38. The molecule has 8 heteroatoms. The molecule has 2 saturated heterocycles. The van der Waals surface area contributed by atoms with Gasteiger partial charge < -0.3 is 15.3 Å². The average molecular weight is 304 g/mol. The van der Waals surface area contributed by atoms with Gasteiger partial charge in [-0.15, -0.1) is 9.60 Å². The van der Waals surface area contributed by atoms with Crippen molar-refractivity contribution in [2.45, 2.75) is 37.8 Å². The Morgan fingerprint density at radius 2 is 1.76 bits per heavy atom. The first-order valence-electron chi connectivity index (χ1n) is 7.62. The number of hydrogen-bond acceptors (Lipinski definition) is 7. The van der Waals surface area contributed by atoms with Gasteiger partial charge in [0.15, 0.2) is 0 Å². The predicted octanol–water partition coefficient (Wildman–Crippen LogP) is -1.19. The van der Waals surface area contributed by atoms with E-state index < -0.39 is 6.10 Å². The fourth-order valence-corrected chi connectivity index (χ4v) is 4.03. The van der Waals surface area contributed by atoms with Gasteiger partial charge in [-0.3, -0.25) is 5.84 Å². The molecule has 0 amide bonds. The highest BCUT2D eigenvalue weighted by Gasteiger charge is 2.56. The molecule has 3 rings (SSSR count). The molecule has 2 aliphatic heterocycles. The van der Waals surface area contributed by atoms with Crippen LogP contribution in [0.4, 0.5) is 4.48 Å². The molecule has 3 fully saturated rings. The third kappa shape index (κ3) is 3.21. The van der Waals surface area contributed by atoms with E-state index in [1.165, 1.54) is 4.90 Å². The van der Waals surface area contributed by atoms with Gasteiger partial charge in [0.05, 0.1) is 0 Å². The van der Waals surface area contributed by atoms with Crippen LogP contribution in [0.1, 0.15) is 25.7 Å². The molecule has 7 nitrogen and oxygen atoms in total. The number of halogens is 1. The van der Waals surface area contributed by atoms with Gasteiger partial charge in [-0.2, -0.15) is 0 Å². The summed E-state index contributed by atoms with van der Waals surface area (Å²) < 4.78 is 12.9. The summed E-state index contributed by atoms with van der Waals surface area (Å²) in [6.07, 6.45) is 0.350. The zero-order valence-corrected chi connectivity index (χ0v) is 12.2. The molecule has 0 aromatic heterocycles. The minimum Gasteiger partial charge on any atom is -0.330 e. The van der Waals surface area contributed by atoms with Crippen molar-refractivity contribution in [2.75, 3.05) is 32.7 Å². The summed E-state index contributed by atoms with van der Waals surface area (Å²) in [5.74, 6) is 6.00. The van der Waals surface area contributed by atoms with E-state index in [1.807, 2.05) is 0 Å². The molecule has 1 aliphatic carbocycles. The quantitative estimate of drug-likeness (QED) is 0.295. The highest BCUT2D eigenvalue weighted by Crippen LogP contribution is 2.51. The molecule has 0 aromatic rings. The minimum absolute atomic E-state index is 0.0243. The number of hydrogen-bond donors (Lipinski definition) is 4. The first-order chi connectivity index (χ1) is 9.77. The predicted molar refractivity (Wildman–Crippen MR) is 72.7 cm³/mol. The lowest BCUT2D eigenvalue weighted by atomic mass is 9.61. The molecule has 21 heavy (non-hydrogen) atoms. The van der Waals surface area contributed by atoms with Crippen LogP contribution in [0.15, 0.2) is 0 Å². The fraction of sp³-hybridized carbons (Fsp3) is 1.00. The molecule has 2 heterocycles. The number of nitrogens with two attached hydrogens (primary N) is 1. The van der Waals surface area contributed by atoms with Crippen LogP contribution < -0.4 is 5.84 Å². The molecule has 1 saturated carbocycles. The van der Waals surface area contributed by atoms with E-state index in [1.54, 1.807) is 5.01 Å². The van der Waals surface area contributed by atoms with Gasteiger partial charge in [0.2, 0.25) is 0 Å². The Bertz CT molecular complexity index is 370. The molecular formula is C13H25FN4O3. The maximum absolute atomic E-state index is 12.9. The average Bonchev–Trinajstić information content (AvgIpc) is 2.30. The molecular weight excluding hydrogens is 279 g/mol. The number of aliphatic hydroxyl groups is 3. The standard InChI is InChI=1S/C13H25FN4O3/c14-16-8-12(9-16)5-11(6-12)18(13(19,20)21)7-10-1-3-17(15)4-2-10/h10-11,19-21H,1-9,15H2. The Balaban J connectivity index is 1.55. The molecule has 3 aliphatic rings. The zero-order valence-electron chi connectivity index (χ0n) is 12.2. The summed E-state index contributed by atoms with van der Waals surface area (Å²) in [6.45, 7) is 2.81. The fourth-order valence-electron chi connectivity index (χ4n) is 4.03. The molecule has 0 radical (unpaired) electrons. The van der Waals surface area contributed by atoms with Crippen molar-refractivity contribution in [1.82, 2.24) is 15.0 Å². The van der Waals surface area contributed by atoms with Gasteiger partial charge in [-0.1, -0.05) is 0 Å². The Kier molecular flexibility index (Phi) is 3.98. The van der Waals surface area contributed by atoms with E-state index >= 15 is 0 Å². The lowest BCUT2D eigenvalue weighted by Gasteiger charge is -2.59. The van der Waals surface area contributed by atoms with E-state index in [-0.39, 0.29) is 17.4 Å². The van der Waals surface area contributed by atoms with Crippen molar-refractivity contribution < 1.29 is 19.8 Å². The van der Waals surface area contributed by atoms with Crippen LogP contribution >= 0.6 is 0 Å². The molecule has 5 N–H and O–H groups in total. The molecule has 0 aromatic carbocycles. The van der Waals surface area contributed by atoms with Gasteiger partial charge in [-0.05, 0) is 31.6 Å². The zero-order chi connectivity index (χ0) is 15.3. The third-order valence-electron chi connectivity index (χ3n) is 5.28. The Morgan fingerprint density at radius 3 is 2.24 bits per heavy atom. The SMILES string of the molecule is NN1CCC(CN(C2CC3(C2)CN(F)C3)C(O)(O)O)CC1. The lowest BCUT2D eigenvalue weighted by Crippen LogP contribution is -2.68. The highest BCUT2D eigenvalue weighted by molar-refractivity contribution is 5.06. The number of hydrazine groups is 1. The van der Waals surface area contributed by atoms with Crippen LogP contribution in [0.2, 0.25) is 0 Å². The summed E-state index contributed by atoms with van der Waals surface area (Å²) in [5.41, 5.74) is -0.0243. The normalized spacial score (nSPS) is 28.9. The van der Waals surface area contributed by atoms with Crippen LogP contribution in [0.25, 0.3) is 0 Å². The van der Waals surface area contributed by atoms with E-state index in [9.17, 15) is 19.8 Å². The Morgan fingerprint density at radius 1 is 1.19 bits per heavy atom. The van der Waals surface area contributed by atoms with Gasteiger partial charge >= 0.3 is 6.10 Å². The van der Waals surface area contributed by atoms with Crippen molar-refractivity contribution in [3.8, 4) is 0 Å². The minimum atomic E-state index is -2.80. The van der Waals surface area contributed by atoms with Crippen LogP contribution in [-0.4, -0.2) is 75.2 Å². The van der Waals surface area contributed by atoms with Crippen molar-refractivity contribution in [3.63, 3.8) is 0 Å². The first-order valence-corrected chi connectivity index (χ1v) is 7.62. The highest BCUT2D eigenvalue weighted by atomic mass is 19.2. The summed E-state index contributed by atoms with van der Waals surface area (Å²) in [7, 11) is 0.